The molecule has 152 valence electrons. The van der Waals surface area contributed by atoms with Gasteiger partial charge in [0.05, 0.1) is 21.8 Å². The van der Waals surface area contributed by atoms with E-state index in [1.54, 1.807) is 35.8 Å². The molecule has 1 heterocycles. The number of aromatic nitrogens is 2. The molecular formula is C21H21F2N3O2S. The number of para-hydroxylation sites is 1. The van der Waals surface area contributed by atoms with Crippen molar-refractivity contribution in [3.05, 3.63) is 64.5 Å². The molecule has 0 bridgehead atoms. The number of hydrogen-bond acceptors (Lipinski definition) is 4. The Labute approximate surface area is 171 Å². The van der Waals surface area contributed by atoms with Crippen LogP contribution in [-0.2, 0) is 4.79 Å². The van der Waals surface area contributed by atoms with E-state index >= 15 is 0 Å². The third-order valence-corrected chi connectivity index (χ3v) is 5.71. The van der Waals surface area contributed by atoms with Gasteiger partial charge in [0.25, 0.3) is 5.56 Å². The highest BCUT2D eigenvalue weighted by Crippen LogP contribution is 2.27. The summed E-state index contributed by atoms with van der Waals surface area (Å²) in [6.45, 7) is 5.53. The van der Waals surface area contributed by atoms with Crippen LogP contribution in [0.1, 0.15) is 33.2 Å². The van der Waals surface area contributed by atoms with Gasteiger partial charge in [-0.15, -0.1) is 0 Å². The van der Waals surface area contributed by atoms with Crippen molar-refractivity contribution in [2.45, 2.75) is 43.6 Å². The summed E-state index contributed by atoms with van der Waals surface area (Å²) < 4.78 is 28.5. The van der Waals surface area contributed by atoms with E-state index in [2.05, 4.69) is 10.3 Å². The fourth-order valence-corrected chi connectivity index (χ4v) is 3.83. The summed E-state index contributed by atoms with van der Waals surface area (Å²) in [6.07, 6.45) is 0.717. The number of nitrogens with zero attached hydrogens (tertiary/aromatic N) is 2. The fraction of sp³-hybridized carbons (Fsp3) is 0.286. The minimum Gasteiger partial charge on any atom is -0.323 e. The number of carbonyl (C=O) groups is 1. The maximum Gasteiger partial charge on any atom is 0.262 e. The Hall–Kier alpha value is -2.74. The van der Waals surface area contributed by atoms with Crippen LogP contribution < -0.4 is 10.9 Å². The molecule has 29 heavy (non-hydrogen) atoms. The van der Waals surface area contributed by atoms with E-state index in [9.17, 15) is 18.4 Å². The van der Waals surface area contributed by atoms with Gasteiger partial charge in [-0.1, -0.05) is 30.8 Å². The van der Waals surface area contributed by atoms with E-state index in [-0.39, 0.29) is 17.3 Å². The number of rotatable bonds is 6. The molecule has 1 aromatic heterocycles. The monoisotopic (exact) mass is 417 g/mol. The largest absolute Gasteiger partial charge is 0.323 e. The quantitative estimate of drug-likeness (QED) is 0.464. The van der Waals surface area contributed by atoms with Crippen LogP contribution >= 0.6 is 11.8 Å². The lowest BCUT2D eigenvalue weighted by molar-refractivity contribution is -0.115. The standard InChI is InChI=1S/C21H21F2N3O2S/c1-4-12(2)26-20(28)15-7-5-6-8-17(15)25-21(26)29-13(3)19(27)24-18-10-9-14(22)11-16(18)23/h5-13H,4H2,1-3H3,(H,24,27)/t12-,13+/m0/s1. The summed E-state index contributed by atoms with van der Waals surface area (Å²) in [7, 11) is 0. The van der Waals surface area contributed by atoms with Crippen LogP contribution in [0.2, 0.25) is 0 Å². The first-order valence-corrected chi connectivity index (χ1v) is 10.1. The minimum absolute atomic E-state index is 0.102. The van der Waals surface area contributed by atoms with Crippen molar-refractivity contribution >= 4 is 34.3 Å². The Morgan fingerprint density at radius 2 is 1.93 bits per heavy atom. The number of thioether (sulfide) groups is 1. The molecule has 3 aromatic rings. The Balaban J connectivity index is 1.91. The van der Waals surface area contributed by atoms with Crippen LogP contribution in [0.15, 0.2) is 52.4 Å². The van der Waals surface area contributed by atoms with Crippen molar-refractivity contribution < 1.29 is 13.6 Å². The third kappa shape index (κ3) is 4.48. The highest BCUT2D eigenvalue weighted by molar-refractivity contribution is 8.00. The van der Waals surface area contributed by atoms with Crippen molar-refractivity contribution in [3.63, 3.8) is 0 Å². The minimum atomic E-state index is -0.851. The Morgan fingerprint density at radius 3 is 2.62 bits per heavy atom. The topological polar surface area (TPSA) is 64.0 Å². The Morgan fingerprint density at radius 1 is 1.21 bits per heavy atom. The lowest BCUT2D eigenvalue weighted by Gasteiger charge is -2.20. The highest BCUT2D eigenvalue weighted by Gasteiger charge is 2.22. The Bertz CT molecular complexity index is 1120. The molecule has 0 unspecified atom stereocenters. The molecular weight excluding hydrogens is 396 g/mol. The van der Waals surface area contributed by atoms with Crippen LogP contribution in [0.4, 0.5) is 14.5 Å². The molecule has 3 rings (SSSR count). The van der Waals surface area contributed by atoms with Crippen LogP contribution in [0, 0.1) is 11.6 Å². The molecule has 0 saturated heterocycles. The predicted octanol–water partition coefficient (Wildman–Crippen LogP) is 4.77. The van der Waals surface area contributed by atoms with Crippen LogP contribution in [0.25, 0.3) is 10.9 Å². The van der Waals surface area contributed by atoms with E-state index in [4.69, 9.17) is 0 Å². The van der Waals surface area contributed by atoms with Gasteiger partial charge in [0, 0.05) is 12.1 Å². The van der Waals surface area contributed by atoms with Crippen molar-refractivity contribution in [1.29, 1.82) is 0 Å². The van der Waals surface area contributed by atoms with E-state index in [0.29, 0.717) is 22.1 Å². The van der Waals surface area contributed by atoms with Crippen molar-refractivity contribution in [3.8, 4) is 0 Å². The fourth-order valence-electron chi connectivity index (χ4n) is 2.82. The molecule has 2 aromatic carbocycles. The Kier molecular flexibility index (Phi) is 6.32. The number of fused-ring (bicyclic) bond motifs is 1. The number of hydrogen-bond donors (Lipinski definition) is 1. The molecule has 0 aliphatic rings. The van der Waals surface area contributed by atoms with Gasteiger partial charge in [0.2, 0.25) is 5.91 Å². The van der Waals surface area contributed by atoms with Crippen LogP contribution in [-0.4, -0.2) is 20.7 Å². The predicted molar refractivity (Wildman–Crippen MR) is 111 cm³/mol. The zero-order valence-electron chi connectivity index (χ0n) is 16.3. The lowest BCUT2D eigenvalue weighted by Crippen LogP contribution is -2.28. The second-order valence-corrected chi connectivity index (χ2v) is 8.03. The van der Waals surface area contributed by atoms with E-state index in [1.165, 1.54) is 6.07 Å². The molecule has 0 radical (unpaired) electrons. The molecule has 1 amide bonds. The van der Waals surface area contributed by atoms with Gasteiger partial charge in [-0.2, -0.15) is 0 Å². The number of halogens is 2. The van der Waals surface area contributed by atoms with Crippen molar-refractivity contribution in [2.75, 3.05) is 5.32 Å². The smallest absolute Gasteiger partial charge is 0.262 e. The normalized spacial score (nSPS) is 13.3. The second kappa shape index (κ2) is 8.73. The first-order chi connectivity index (χ1) is 13.8. The van der Waals surface area contributed by atoms with Gasteiger partial charge in [-0.25, -0.2) is 13.8 Å². The summed E-state index contributed by atoms with van der Waals surface area (Å²) in [4.78, 5) is 30.1. The first kappa shape index (κ1) is 21.0. The van der Waals surface area contributed by atoms with Gasteiger partial charge in [0.15, 0.2) is 5.16 Å². The van der Waals surface area contributed by atoms with Gasteiger partial charge in [-0.05, 0) is 44.5 Å². The molecule has 0 saturated carbocycles. The number of anilines is 1. The van der Waals surface area contributed by atoms with Gasteiger partial charge >= 0.3 is 0 Å². The average Bonchev–Trinajstić information content (AvgIpc) is 2.69. The summed E-state index contributed by atoms with van der Waals surface area (Å²) in [6, 6.07) is 9.90. The van der Waals surface area contributed by atoms with Gasteiger partial charge in [0.1, 0.15) is 11.6 Å². The van der Waals surface area contributed by atoms with Crippen LogP contribution in [0.3, 0.4) is 0 Å². The maximum absolute atomic E-state index is 13.8. The molecule has 0 aliphatic heterocycles. The van der Waals surface area contributed by atoms with Crippen molar-refractivity contribution in [1.82, 2.24) is 9.55 Å². The van der Waals surface area contributed by atoms with Crippen LogP contribution in [0.5, 0.6) is 0 Å². The second-order valence-electron chi connectivity index (χ2n) is 6.72. The lowest BCUT2D eigenvalue weighted by atomic mass is 10.2. The zero-order valence-corrected chi connectivity index (χ0v) is 17.1. The first-order valence-electron chi connectivity index (χ1n) is 9.25. The van der Waals surface area contributed by atoms with E-state index in [0.717, 1.165) is 24.2 Å². The maximum atomic E-state index is 13.8. The molecule has 2 atom stereocenters. The number of nitrogens with one attached hydrogen (secondary N) is 1. The molecule has 5 nitrogen and oxygen atoms in total. The summed E-state index contributed by atoms with van der Waals surface area (Å²) in [5.74, 6) is -2.05. The highest BCUT2D eigenvalue weighted by atomic mass is 32.2. The molecule has 1 N–H and O–H groups in total. The summed E-state index contributed by atoms with van der Waals surface area (Å²) in [5, 5.41) is 2.73. The SMILES string of the molecule is CC[C@H](C)n1c(S[C@H](C)C(=O)Nc2ccc(F)cc2F)nc2ccccc2c1=O. The zero-order chi connectivity index (χ0) is 21.1. The number of amides is 1. The molecule has 8 heteroatoms. The van der Waals surface area contributed by atoms with Gasteiger partial charge in [-0.3, -0.25) is 14.2 Å². The van der Waals surface area contributed by atoms with Gasteiger partial charge < -0.3 is 5.32 Å². The average molecular weight is 417 g/mol. The summed E-state index contributed by atoms with van der Waals surface area (Å²) >= 11 is 1.12. The van der Waals surface area contributed by atoms with E-state index in [1.807, 2.05) is 13.8 Å². The number of carbonyl (C=O) groups excluding carboxylic acids is 1. The molecule has 0 aliphatic carbocycles. The van der Waals surface area contributed by atoms with E-state index < -0.39 is 22.8 Å². The summed E-state index contributed by atoms with van der Waals surface area (Å²) in [5.41, 5.74) is 0.288. The molecule has 0 fully saturated rings. The number of benzene rings is 2. The van der Waals surface area contributed by atoms with Crippen molar-refractivity contribution in [2.24, 2.45) is 0 Å². The molecule has 0 spiro atoms. The third-order valence-electron chi connectivity index (χ3n) is 4.65.